The second-order valence-corrected chi connectivity index (χ2v) is 11.3. The number of carbonyl (C=O) groups is 1. The molecule has 2 atom stereocenters. The summed E-state index contributed by atoms with van der Waals surface area (Å²) in [6.45, 7) is 1.48. The van der Waals surface area contributed by atoms with Gasteiger partial charge in [-0.05, 0) is 42.3 Å². The summed E-state index contributed by atoms with van der Waals surface area (Å²) in [7, 11) is -5.31. The number of amides is 1. The van der Waals surface area contributed by atoms with Gasteiger partial charge in [-0.2, -0.15) is 21.6 Å². The highest BCUT2D eigenvalue weighted by atomic mass is 35.5. The molecule has 2 aromatic heterocycles. The van der Waals surface area contributed by atoms with Crippen LogP contribution in [0.4, 0.5) is 23.4 Å². The van der Waals surface area contributed by atoms with Crippen molar-refractivity contribution in [2.45, 2.75) is 30.9 Å². The van der Waals surface area contributed by atoms with E-state index in [1.165, 1.54) is 19.2 Å². The summed E-state index contributed by atoms with van der Waals surface area (Å²) in [5.41, 5.74) is 10.4. The SMILES string of the molecule is C[C@@H](Oc1c(N)ncc2c(-c3cc(C(N)=O)ccc3C(CC(F)(F)F)S(=O)(=O)O)coc12)c1c(Cl)ccc(F)c1Cl. The van der Waals surface area contributed by atoms with Crippen molar-refractivity contribution in [3.63, 3.8) is 0 Å². The lowest BCUT2D eigenvalue weighted by Crippen LogP contribution is -2.22. The van der Waals surface area contributed by atoms with Gasteiger partial charge >= 0.3 is 6.18 Å². The molecule has 2 heterocycles. The third-order valence-electron chi connectivity index (χ3n) is 6.13. The van der Waals surface area contributed by atoms with Gasteiger partial charge in [0.2, 0.25) is 11.7 Å². The maximum absolute atomic E-state index is 14.1. The maximum atomic E-state index is 14.1. The van der Waals surface area contributed by atoms with Gasteiger partial charge in [0.25, 0.3) is 10.1 Å². The number of alkyl halides is 3. The molecule has 1 unspecified atom stereocenters. The van der Waals surface area contributed by atoms with Crippen molar-refractivity contribution in [3.05, 3.63) is 75.3 Å². The third-order valence-corrected chi connectivity index (χ3v) is 7.99. The van der Waals surface area contributed by atoms with Crippen molar-refractivity contribution >= 4 is 56.0 Å². The molecule has 0 aliphatic carbocycles. The van der Waals surface area contributed by atoms with Gasteiger partial charge in [0.1, 0.15) is 17.2 Å². The van der Waals surface area contributed by atoms with Crippen LogP contribution < -0.4 is 16.2 Å². The van der Waals surface area contributed by atoms with Crippen LogP contribution in [0.3, 0.4) is 0 Å². The maximum Gasteiger partial charge on any atom is 0.390 e. The highest BCUT2D eigenvalue weighted by molar-refractivity contribution is 7.86. The molecule has 9 nitrogen and oxygen atoms in total. The summed E-state index contributed by atoms with van der Waals surface area (Å²) in [5.74, 6) is -2.10. The van der Waals surface area contributed by atoms with Gasteiger partial charge in [0, 0.05) is 27.9 Å². The zero-order valence-electron chi connectivity index (χ0n) is 20.7. The summed E-state index contributed by atoms with van der Waals surface area (Å²) in [5, 5.41) is -2.62. The number of pyridine rings is 1. The predicted molar refractivity (Wildman–Crippen MR) is 143 cm³/mol. The first-order valence-corrected chi connectivity index (χ1v) is 13.7. The minimum Gasteiger partial charge on any atom is -0.478 e. The fraction of sp³-hybridized carbons (Fsp3) is 0.200. The number of hydrogen-bond acceptors (Lipinski definition) is 7. The molecule has 4 aromatic rings. The Morgan fingerprint density at radius 2 is 1.88 bits per heavy atom. The first-order chi connectivity index (χ1) is 19.0. The van der Waals surface area contributed by atoms with Crippen molar-refractivity contribution in [1.29, 1.82) is 0 Å². The molecule has 0 fully saturated rings. The Morgan fingerprint density at radius 1 is 1.20 bits per heavy atom. The molecule has 2 aromatic carbocycles. The molecule has 4 rings (SSSR count). The van der Waals surface area contributed by atoms with Crippen LogP contribution in [0, 0.1) is 5.82 Å². The summed E-state index contributed by atoms with van der Waals surface area (Å²) in [6.07, 6.45) is -5.72. The van der Waals surface area contributed by atoms with Gasteiger partial charge < -0.3 is 20.6 Å². The van der Waals surface area contributed by atoms with E-state index in [2.05, 4.69) is 4.98 Å². The number of primary amides is 1. The van der Waals surface area contributed by atoms with E-state index < -0.39 is 51.4 Å². The molecule has 0 spiro atoms. The number of nitrogen functional groups attached to an aromatic ring is 1. The number of rotatable bonds is 8. The van der Waals surface area contributed by atoms with Gasteiger partial charge in [0.05, 0.1) is 23.1 Å². The fourth-order valence-electron chi connectivity index (χ4n) is 4.26. The van der Waals surface area contributed by atoms with E-state index in [0.717, 1.165) is 30.5 Å². The van der Waals surface area contributed by atoms with Crippen LogP contribution >= 0.6 is 23.2 Å². The molecule has 1 amide bonds. The second kappa shape index (κ2) is 11.0. The lowest BCUT2D eigenvalue weighted by molar-refractivity contribution is -0.135. The number of furan rings is 1. The molecular formula is C25H19Cl2F4N3O6S. The number of fused-ring (bicyclic) bond motifs is 1. The number of nitrogens with zero attached hydrogens (tertiary/aromatic N) is 1. The Bertz CT molecular complexity index is 1780. The van der Waals surface area contributed by atoms with Crippen LogP contribution in [0.25, 0.3) is 22.1 Å². The number of ether oxygens (including phenoxy) is 1. The minimum absolute atomic E-state index is 0.0271. The van der Waals surface area contributed by atoms with Crippen molar-refractivity contribution < 1.29 is 44.5 Å². The molecule has 41 heavy (non-hydrogen) atoms. The summed E-state index contributed by atoms with van der Waals surface area (Å²) in [4.78, 5) is 15.9. The Balaban J connectivity index is 1.91. The monoisotopic (exact) mass is 635 g/mol. The van der Waals surface area contributed by atoms with E-state index in [9.17, 15) is 35.3 Å². The van der Waals surface area contributed by atoms with Gasteiger partial charge in [0.15, 0.2) is 11.4 Å². The van der Waals surface area contributed by atoms with Crippen molar-refractivity contribution in [3.8, 4) is 16.9 Å². The standard InChI is InChI=1S/C25H19Cl2F4N3O6S/c1-10(19-16(26)4-5-17(28)20(19)27)40-22-21-14(8-34-23(22)32)15(9-39-21)13-6-11(24(33)35)2-3-12(13)18(41(36,37)38)7-25(29,30)31/h2-6,8-10,18H,7H2,1H3,(H2,32,34)(H2,33,35)(H,36,37,38)/t10-,18?/m1/s1. The Labute approximate surface area is 239 Å². The van der Waals surface area contributed by atoms with Gasteiger partial charge in [-0.3, -0.25) is 9.35 Å². The van der Waals surface area contributed by atoms with Crippen LogP contribution in [0.1, 0.15) is 46.2 Å². The number of nitrogens with two attached hydrogens (primary N) is 2. The second-order valence-electron chi connectivity index (χ2n) is 8.87. The molecule has 0 saturated heterocycles. The molecule has 0 radical (unpaired) electrons. The average molecular weight is 636 g/mol. The average Bonchev–Trinajstić information content (AvgIpc) is 3.29. The van der Waals surface area contributed by atoms with Crippen LogP contribution in [0.15, 0.2) is 47.2 Å². The minimum atomic E-state index is -5.31. The van der Waals surface area contributed by atoms with Crippen LogP contribution in [0.2, 0.25) is 10.0 Å². The van der Waals surface area contributed by atoms with Crippen molar-refractivity contribution in [2.75, 3.05) is 5.73 Å². The number of hydrogen-bond donors (Lipinski definition) is 3. The van der Waals surface area contributed by atoms with Crippen LogP contribution in [-0.2, 0) is 10.1 Å². The van der Waals surface area contributed by atoms with E-state index in [1.807, 2.05) is 0 Å². The number of aromatic nitrogens is 1. The van der Waals surface area contributed by atoms with E-state index in [-0.39, 0.29) is 54.8 Å². The lowest BCUT2D eigenvalue weighted by Gasteiger charge is -2.20. The summed E-state index contributed by atoms with van der Waals surface area (Å²) in [6, 6.07) is 5.35. The van der Waals surface area contributed by atoms with Crippen LogP contribution in [-0.4, -0.2) is 30.0 Å². The van der Waals surface area contributed by atoms with E-state index in [4.69, 9.17) is 43.8 Å². The smallest absolute Gasteiger partial charge is 0.390 e. The zero-order valence-corrected chi connectivity index (χ0v) is 23.0. The van der Waals surface area contributed by atoms with Gasteiger partial charge in [-0.1, -0.05) is 29.3 Å². The Morgan fingerprint density at radius 3 is 2.49 bits per heavy atom. The summed E-state index contributed by atoms with van der Waals surface area (Å²) >= 11 is 12.3. The molecule has 218 valence electrons. The van der Waals surface area contributed by atoms with Gasteiger partial charge in [-0.15, -0.1) is 0 Å². The van der Waals surface area contributed by atoms with E-state index in [1.54, 1.807) is 0 Å². The predicted octanol–water partition coefficient (Wildman–Crippen LogP) is 6.64. The first kappa shape index (κ1) is 30.4. The largest absolute Gasteiger partial charge is 0.478 e. The molecule has 0 saturated carbocycles. The molecule has 0 aliphatic heterocycles. The quantitative estimate of drug-likeness (QED) is 0.110. The topological polar surface area (TPSA) is 159 Å². The van der Waals surface area contributed by atoms with E-state index >= 15 is 0 Å². The summed E-state index contributed by atoms with van der Waals surface area (Å²) < 4.78 is 99.6. The molecule has 5 N–H and O–H groups in total. The van der Waals surface area contributed by atoms with Gasteiger partial charge in [-0.25, -0.2) is 9.37 Å². The molecular weight excluding hydrogens is 617 g/mol. The highest BCUT2D eigenvalue weighted by Gasteiger charge is 2.40. The fourth-order valence-corrected chi connectivity index (χ4v) is 5.87. The third kappa shape index (κ3) is 6.20. The van der Waals surface area contributed by atoms with Crippen LogP contribution in [0.5, 0.6) is 5.75 Å². The Hall–Kier alpha value is -3.59. The number of carbonyl (C=O) groups excluding carboxylic acids is 1. The molecule has 0 aliphatic rings. The Kier molecular flexibility index (Phi) is 8.15. The zero-order chi connectivity index (χ0) is 30.4. The van der Waals surface area contributed by atoms with Crippen molar-refractivity contribution in [1.82, 2.24) is 4.98 Å². The number of benzene rings is 2. The first-order valence-electron chi connectivity index (χ1n) is 11.4. The number of halogens is 6. The molecule has 0 bridgehead atoms. The lowest BCUT2D eigenvalue weighted by atomic mass is 9.94. The number of anilines is 1. The normalized spacial score (nSPS) is 13.8. The highest BCUT2D eigenvalue weighted by Crippen LogP contribution is 2.45. The van der Waals surface area contributed by atoms with E-state index in [0.29, 0.717) is 0 Å². The van der Waals surface area contributed by atoms with Crippen molar-refractivity contribution in [2.24, 2.45) is 5.73 Å². The molecule has 16 heteroatoms.